The van der Waals surface area contributed by atoms with Gasteiger partial charge in [0.15, 0.2) is 6.29 Å². The highest BCUT2D eigenvalue weighted by molar-refractivity contribution is 7.24. The number of aliphatic hydroxyl groups is 8. The summed E-state index contributed by atoms with van der Waals surface area (Å²) < 4.78 is 16.1. The van der Waals surface area contributed by atoms with Crippen molar-refractivity contribution in [2.24, 2.45) is 0 Å². The zero-order valence-corrected chi connectivity index (χ0v) is 71.2. The molecule has 0 aliphatic carbocycles. The van der Waals surface area contributed by atoms with Gasteiger partial charge in [0.05, 0.1) is 26.4 Å². The number of ether oxygens (including phenoxy) is 3. The largest absolute Gasteiger partial charge is 0.496 e. The summed E-state index contributed by atoms with van der Waals surface area (Å²) in [5.74, 6) is 0.837. The van der Waals surface area contributed by atoms with Crippen molar-refractivity contribution in [3.05, 3.63) is 219 Å². The SMILES string of the molecule is C=Cc1ccc(-c2ccc(-c3ccc(C)cc3)s2)s1.CC.CCC.CCCCNCC(O)C(O)C(OC1OC(CO)C(O)C(O)C1O)C(O)CO.CN(C)CCN(C)CCN(C)C.COc1cc(/C=C/c2ccc(N)cc2)c(C)cc1/C=C/c1ccc(N)cc1.Cc1ccc(-c2ccc(-c3ccc(C=C(C#N)C#N)s3)s2)cc1. The van der Waals surface area contributed by atoms with Crippen LogP contribution < -0.4 is 21.5 Å². The van der Waals surface area contributed by atoms with E-state index in [1.54, 1.807) is 47.2 Å². The number of anilines is 2. The molecule has 9 atom stereocenters. The molecule has 0 saturated carbocycles. The number of nitrogens with two attached hydrogens (primary N) is 2. The van der Waals surface area contributed by atoms with Crippen LogP contribution in [0, 0.1) is 43.4 Å². The van der Waals surface area contributed by atoms with E-state index < -0.39 is 68.3 Å². The second kappa shape index (κ2) is 53.0. The topological polar surface area (TPSA) is 311 Å². The molecular weight excluding hydrogens is 1500 g/mol. The van der Waals surface area contributed by atoms with Gasteiger partial charge in [-0.1, -0.05) is 168 Å². The van der Waals surface area contributed by atoms with Crippen molar-refractivity contribution in [3.8, 4) is 58.3 Å². The van der Waals surface area contributed by atoms with Crippen molar-refractivity contribution in [1.82, 2.24) is 20.0 Å². The molecule has 0 radical (unpaired) electrons. The lowest BCUT2D eigenvalue weighted by atomic mass is 9.98. The van der Waals surface area contributed by atoms with Gasteiger partial charge in [0.1, 0.15) is 66.2 Å². The summed E-state index contributed by atoms with van der Waals surface area (Å²) in [5.41, 5.74) is 23.7. The average Bonchev–Trinajstić information content (AvgIpc) is 1.37. The molecule has 5 aromatic carbocycles. The number of benzene rings is 5. The third-order valence-electron chi connectivity index (χ3n) is 17.1. The molecule has 0 bridgehead atoms. The Kier molecular flexibility index (Phi) is 45.5. The third kappa shape index (κ3) is 34.0. The number of methoxy groups -OCH3 is 1. The van der Waals surface area contributed by atoms with Crippen molar-refractivity contribution < 1.29 is 55.1 Å². The highest BCUT2D eigenvalue weighted by atomic mass is 32.1. The Morgan fingerprint density at radius 1 is 0.584 bits per heavy atom. The maximum absolute atomic E-state index is 10.3. The number of allylic oxidation sites excluding steroid dienone is 1. The first-order chi connectivity index (χ1) is 54.2. The van der Waals surface area contributed by atoms with E-state index in [0.29, 0.717) is 6.54 Å². The summed E-state index contributed by atoms with van der Waals surface area (Å²) in [6.45, 7) is 24.1. The zero-order valence-electron chi connectivity index (χ0n) is 68.0. The number of nitrogens with one attached hydrogen (secondary N) is 1. The number of hydrogen-bond donors (Lipinski definition) is 11. The minimum Gasteiger partial charge on any atom is -0.496 e. The van der Waals surface area contributed by atoms with Crippen LogP contribution in [0.2, 0.25) is 0 Å². The number of nitriles is 2. The van der Waals surface area contributed by atoms with E-state index in [2.05, 4.69) is 218 Å². The van der Waals surface area contributed by atoms with E-state index >= 15 is 0 Å². The minimum absolute atomic E-state index is 0.00609. The Bertz CT molecular complexity index is 4300. The number of unbranched alkanes of at least 4 members (excludes halogenated alkanes) is 1. The molecule has 10 rings (SSSR count). The lowest BCUT2D eigenvalue weighted by Crippen LogP contribution is -2.61. The number of likely N-dealkylation sites (N-methyl/N-ethyl adjacent to an activating group) is 3. The number of aryl methyl sites for hydroxylation is 3. The maximum Gasteiger partial charge on any atom is 0.187 e. The molecule has 9 unspecified atom stereocenters. The van der Waals surface area contributed by atoms with Crippen LogP contribution in [0.3, 0.4) is 0 Å². The fourth-order valence-electron chi connectivity index (χ4n) is 10.5. The molecule has 13 N–H and O–H groups in total. The molecule has 4 aromatic heterocycles. The summed E-state index contributed by atoms with van der Waals surface area (Å²) in [4.78, 5) is 16.5. The van der Waals surface area contributed by atoms with Crippen LogP contribution in [0.1, 0.15) is 103 Å². The average molecular weight is 1620 g/mol. The van der Waals surface area contributed by atoms with Crippen LogP contribution in [0.5, 0.6) is 5.75 Å². The van der Waals surface area contributed by atoms with Gasteiger partial charge in [0.25, 0.3) is 0 Å². The number of nitrogens with zero attached hydrogens (tertiary/aromatic N) is 5. The van der Waals surface area contributed by atoms with Crippen molar-refractivity contribution in [3.63, 3.8) is 0 Å². The van der Waals surface area contributed by atoms with Gasteiger partial charge in [0, 0.05) is 88.7 Å². The smallest absolute Gasteiger partial charge is 0.187 e. The monoisotopic (exact) mass is 1620 g/mol. The first kappa shape index (κ1) is 97.0. The summed E-state index contributed by atoms with van der Waals surface area (Å²) in [6, 6.07) is 57.7. The van der Waals surface area contributed by atoms with Crippen LogP contribution in [0.4, 0.5) is 11.4 Å². The van der Waals surface area contributed by atoms with Crippen molar-refractivity contribution in [1.29, 1.82) is 10.5 Å². The summed E-state index contributed by atoms with van der Waals surface area (Å²) in [7, 11) is 12.3. The van der Waals surface area contributed by atoms with E-state index in [-0.39, 0.29) is 12.1 Å². The molecule has 9 aromatic rings. The van der Waals surface area contributed by atoms with Crippen LogP contribution in [0.25, 0.3) is 76.8 Å². The molecule has 5 heterocycles. The van der Waals surface area contributed by atoms with Gasteiger partial charge in [-0.25, -0.2) is 0 Å². The molecule has 1 aliphatic rings. The summed E-state index contributed by atoms with van der Waals surface area (Å²) in [6.07, 6.45) is 0.755. The minimum atomic E-state index is -1.75. The molecule has 19 nitrogen and oxygen atoms in total. The lowest BCUT2D eigenvalue weighted by Gasteiger charge is -2.42. The Hall–Kier alpha value is -8.32. The van der Waals surface area contributed by atoms with E-state index in [4.69, 9.17) is 36.2 Å². The standard InChI is InChI=1S/C24H24N2O.C19H12N2S2.C17H14S2.C16H33NO10.C9H23N3.C3H8.C2H6/c1-17-15-21(10-4-19-7-13-23(26)14-8-19)24(27-2)16-20(17)9-3-18-5-11-22(25)12-6-18;1-13-2-4-15(5-3-13)17-8-9-19(23-17)18-7-6-16(22-18)10-14(11-20)12-21;1-3-14-8-9-16(18-14)17-11-10-15(19-17)13-6-4-12(2)5-7-13;1-2-3-4-17-5-8(20)11(22)15(9(21)6-18)27-16-14(25)13(24)12(23)10(7-19)26-16;1-10(2)6-8-12(5)9-7-11(3)4;1-3-2;1-2/h3-16H,25-26H2,1-2H3;2-10H,1H3;3-11H,1H2,2H3;8-25H,2-7H2,1H3;6-9H2,1-5H3;3H2,1-2H3;1-2H3/b9-3+,10-4+;;;;;;. The first-order valence-electron chi connectivity index (χ1n) is 38.0. The van der Waals surface area contributed by atoms with Gasteiger partial charge in [-0.15, -0.1) is 45.3 Å². The van der Waals surface area contributed by atoms with Gasteiger partial charge < -0.3 is 86.5 Å². The Balaban J connectivity index is 0.000000299. The Morgan fingerprint density at radius 3 is 1.47 bits per heavy atom. The van der Waals surface area contributed by atoms with Crippen LogP contribution in [-0.2, 0) is 9.47 Å². The Morgan fingerprint density at radius 2 is 1.04 bits per heavy atom. The summed E-state index contributed by atoms with van der Waals surface area (Å²) in [5, 5.41) is 98.9. The molecule has 1 aliphatic heterocycles. The van der Waals surface area contributed by atoms with Gasteiger partial charge >= 0.3 is 0 Å². The highest BCUT2D eigenvalue weighted by Crippen LogP contribution is 2.40. The first-order valence-corrected chi connectivity index (χ1v) is 41.2. The predicted molar refractivity (Wildman–Crippen MR) is 476 cm³/mol. The summed E-state index contributed by atoms with van der Waals surface area (Å²) >= 11 is 6.97. The molecule has 0 amide bonds. The van der Waals surface area contributed by atoms with Crippen LogP contribution in [0.15, 0.2) is 170 Å². The number of nitrogen functional groups attached to an aromatic ring is 2. The lowest BCUT2D eigenvalue weighted by molar-refractivity contribution is -0.327. The van der Waals surface area contributed by atoms with E-state index in [1.165, 1.54) is 63.5 Å². The zero-order chi connectivity index (χ0) is 83.5. The fourth-order valence-corrected chi connectivity index (χ4v) is 14.5. The van der Waals surface area contributed by atoms with Gasteiger partial charge in [0.2, 0.25) is 0 Å². The van der Waals surface area contributed by atoms with E-state index in [0.717, 1.165) is 88.2 Å². The normalized spacial score (nSPS) is 16.0. The Labute approximate surface area is 687 Å². The fraction of sp³-hybridized carbons (Fsp3) is 0.378. The molecule has 610 valence electrons. The molecule has 1 fully saturated rings. The second-order valence-electron chi connectivity index (χ2n) is 27.2. The molecule has 23 heteroatoms. The van der Waals surface area contributed by atoms with Crippen LogP contribution in [-0.4, -0.2) is 206 Å². The molecule has 1 saturated heterocycles. The highest BCUT2D eigenvalue weighted by Gasteiger charge is 2.47. The van der Waals surface area contributed by atoms with E-state index in [1.807, 2.05) is 111 Å². The van der Waals surface area contributed by atoms with Crippen molar-refractivity contribution >= 4 is 93.2 Å². The van der Waals surface area contributed by atoms with Crippen molar-refractivity contribution in [2.45, 2.75) is 130 Å². The van der Waals surface area contributed by atoms with Gasteiger partial charge in [-0.05, 0) is 193 Å². The quantitative estimate of drug-likeness (QED) is 0.00898. The molecule has 0 spiro atoms. The number of aliphatic hydroxyl groups excluding tert-OH is 8. The van der Waals surface area contributed by atoms with Crippen LogP contribution >= 0.6 is 45.3 Å². The van der Waals surface area contributed by atoms with Gasteiger partial charge in [-0.3, -0.25) is 0 Å². The third-order valence-corrected chi connectivity index (χ3v) is 21.9. The maximum atomic E-state index is 10.3. The second-order valence-corrected chi connectivity index (χ2v) is 31.6. The molecule has 113 heavy (non-hydrogen) atoms. The predicted octanol–water partition coefficient (Wildman–Crippen LogP) is 15.6. The van der Waals surface area contributed by atoms with Gasteiger partial charge in [-0.2, -0.15) is 10.5 Å². The number of rotatable bonds is 29. The molecular formula is C90H120N8O11S4. The number of thiophene rings is 4. The van der Waals surface area contributed by atoms with Crippen molar-refractivity contribution in [2.75, 3.05) is 106 Å². The number of hydrogen-bond acceptors (Lipinski definition) is 23. The van der Waals surface area contributed by atoms with E-state index in [9.17, 15) is 40.9 Å².